The van der Waals surface area contributed by atoms with Crippen LogP contribution in [0.3, 0.4) is 0 Å². The predicted molar refractivity (Wildman–Crippen MR) is 101 cm³/mol. The van der Waals surface area contributed by atoms with Crippen LogP contribution in [0.15, 0.2) is 0 Å². The van der Waals surface area contributed by atoms with Crippen molar-refractivity contribution in [3.05, 3.63) is 0 Å². The zero-order valence-electron chi connectivity index (χ0n) is 16.6. The molecule has 2 aliphatic heterocycles. The molecular weight excluding hydrogens is 314 g/mol. The molecule has 3 atom stereocenters. The highest BCUT2D eigenvalue weighted by atomic mass is 16.5. The van der Waals surface area contributed by atoms with E-state index in [9.17, 15) is 4.79 Å². The Hall–Kier alpha value is -0.650. The van der Waals surface area contributed by atoms with Gasteiger partial charge in [0.15, 0.2) is 0 Å². The van der Waals surface area contributed by atoms with Gasteiger partial charge in [-0.05, 0) is 52.0 Å². The van der Waals surface area contributed by atoms with E-state index in [0.717, 1.165) is 32.7 Å². The maximum absolute atomic E-state index is 12.9. The third-order valence-electron chi connectivity index (χ3n) is 5.67. The summed E-state index contributed by atoms with van der Waals surface area (Å²) in [4.78, 5) is 20.1. The second kappa shape index (κ2) is 8.36. The van der Waals surface area contributed by atoms with Crippen LogP contribution in [0.1, 0.15) is 53.4 Å². The lowest BCUT2D eigenvalue weighted by Crippen LogP contribution is -2.51. The van der Waals surface area contributed by atoms with Crippen LogP contribution in [0.5, 0.6) is 0 Å². The predicted octanol–water partition coefficient (Wildman–Crippen LogP) is 2.21. The molecule has 2 saturated heterocycles. The molecule has 0 aromatic rings. The summed E-state index contributed by atoms with van der Waals surface area (Å²) in [5.41, 5.74) is 0. The summed E-state index contributed by atoms with van der Waals surface area (Å²) in [5, 5.41) is 0. The van der Waals surface area contributed by atoms with E-state index in [2.05, 4.69) is 42.4 Å². The Bertz CT molecular complexity index is 442. The number of ether oxygens (including phenoxy) is 1. The SMILES string of the molecule is CC(C)CN(C(=O)CN1CCCC1CN1CC(C)OC(C)C1)C1CC1. The monoisotopic (exact) mass is 351 g/mol. The lowest BCUT2D eigenvalue weighted by atomic mass is 10.1. The maximum atomic E-state index is 12.9. The molecule has 5 heteroatoms. The van der Waals surface area contributed by atoms with E-state index in [4.69, 9.17) is 4.74 Å². The highest BCUT2D eigenvalue weighted by Gasteiger charge is 2.36. The quantitative estimate of drug-likeness (QED) is 0.705. The van der Waals surface area contributed by atoms with Crippen LogP contribution in [0, 0.1) is 5.92 Å². The Kier molecular flexibility index (Phi) is 6.39. The van der Waals surface area contributed by atoms with Crippen LogP contribution in [0.2, 0.25) is 0 Å². The Morgan fingerprint density at radius 3 is 2.44 bits per heavy atom. The largest absolute Gasteiger partial charge is 0.373 e. The molecule has 0 aromatic heterocycles. The van der Waals surface area contributed by atoms with Crippen LogP contribution < -0.4 is 0 Å². The number of nitrogens with zero attached hydrogens (tertiary/aromatic N) is 3. The van der Waals surface area contributed by atoms with Crippen molar-refractivity contribution in [2.24, 2.45) is 5.92 Å². The third kappa shape index (κ3) is 5.41. The standard InChI is InChI=1S/C20H37N3O2/c1-15(2)10-23(18-7-8-18)20(24)14-22-9-5-6-19(22)13-21-11-16(3)25-17(4)12-21/h15-19H,5-14H2,1-4H3. The number of morpholine rings is 1. The lowest BCUT2D eigenvalue weighted by molar-refractivity contribution is -0.134. The molecule has 3 fully saturated rings. The molecule has 0 aromatic carbocycles. The van der Waals surface area contributed by atoms with E-state index in [1.165, 1.54) is 25.7 Å². The van der Waals surface area contributed by atoms with E-state index >= 15 is 0 Å². The van der Waals surface area contributed by atoms with Crippen molar-refractivity contribution >= 4 is 5.91 Å². The molecule has 2 heterocycles. The van der Waals surface area contributed by atoms with Crippen LogP contribution in [0.25, 0.3) is 0 Å². The van der Waals surface area contributed by atoms with Gasteiger partial charge >= 0.3 is 0 Å². The first-order chi connectivity index (χ1) is 11.9. The van der Waals surface area contributed by atoms with Gasteiger partial charge < -0.3 is 9.64 Å². The summed E-state index contributed by atoms with van der Waals surface area (Å²) in [6.45, 7) is 14.5. The number of carbonyl (C=O) groups is 1. The summed E-state index contributed by atoms with van der Waals surface area (Å²) in [5.74, 6) is 0.905. The minimum Gasteiger partial charge on any atom is -0.373 e. The zero-order chi connectivity index (χ0) is 18.0. The van der Waals surface area contributed by atoms with Gasteiger partial charge in [-0.3, -0.25) is 14.6 Å². The summed E-state index contributed by atoms with van der Waals surface area (Å²) in [6, 6.07) is 1.05. The van der Waals surface area contributed by atoms with Crippen LogP contribution >= 0.6 is 0 Å². The molecule has 1 aliphatic carbocycles. The molecule has 144 valence electrons. The molecule has 0 bridgehead atoms. The summed E-state index contributed by atoms with van der Waals surface area (Å²) in [7, 11) is 0. The fourth-order valence-corrected chi connectivity index (χ4v) is 4.54. The minimum absolute atomic E-state index is 0.316. The van der Waals surface area contributed by atoms with Gasteiger partial charge in [-0.15, -0.1) is 0 Å². The second-order valence-electron chi connectivity index (χ2n) is 8.91. The Labute approximate surface area is 153 Å². The molecule has 0 N–H and O–H groups in total. The van der Waals surface area contributed by atoms with Crippen molar-refractivity contribution in [3.63, 3.8) is 0 Å². The van der Waals surface area contributed by atoms with Crippen molar-refractivity contribution in [1.29, 1.82) is 0 Å². The fraction of sp³-hybridized carbons (Fsp3) is 0.950. The summed E-state index contributed by atoms with van der Waals surface area (Å²) < 4.78 is 5.86. The summed E-state index contributed by atoms with van der Waals surface area (Å²) in [6.07, 6.45) is 5.48. The second-order valence-corrected chi connectivity index (χ2v) is 8.91. The zero-order valence-corrected chi connectivity index (χ0v) is 16.6. The first-order valence-electron chi connectivity index (χ1n) is 10.3. The fourth-order valence-electron chi connectivity index (χ4n) is 4.54. The number of likely N-dealkylation sites (tertiary alicyclic amines) is 1. The molecule has 0 spiro atoms. The average Bonchev–Trinajstić information content (AvgIpc) is 3.26. The third-order valence-corrected chi connectivity index (χ3v) is 5.67. The normalized spacial score (nSPS) is 31.6. The van der Waals surface area contributed by atoms with Gasteiger partial charge in [-0.1, -0.05) is 13.8 Å². The highest BCUT2D eigenvalue weighted by molar-refractivity contribution is 5.79. The first kappa shape index (κ1) is 19.1. The molecule has 5 nitrogen and oxygen atoms in total. The van der Waals surface area contributed by atoms with Gasteiger partial charge in [0.25, 0.3) is 0 Å². The van der Waals surface area contributed by atoms with Gasteiger partial charge in [-0.2, -0.15) is 0 Å². The first-order valence-corrected chi connectivity index (χ1v) is 10.3. The summed E-state index contributed by atoms with van der Waals surface area (Å²) >= 11 is 0. The van der Waals surface area contributed by atoms with Crippen molar-refractivity contribution in [2.75, 3.05) is 39.3 Å². The van der Waals surface area contributed by atoms with Crippen molar-refractivity contribution < 1.29 is 9.53 Å². The van der Waals surface area contributed by atoms with Gasteiger partial charge in [0.1, 0.15) is 0 Å². The van der Waals surface area contributed by atoms with Gasteiger partial charge in [-0.25, -0.2) is 0 Å². The Balaban J connectivity index is 1.53. The number of hydrogen-bond acceptors (Lipinski definition) is 4. The smallest absolute Gasteiger partial charge is 0.237 e. The van der Waals surface area contributed by atoms with Gasteiger partial charge in [0, 0.05) is 38.3 Å². The van der Waals surface area contributed by atoms with E-state index in [-0.39, 0.29) is 0 Å². The van der Waals surface area contributed by atoms with E-state index < -0.39 is 0 Å². The molecule has 3 aliphatic rings. The minimum atomic E-state index is 0.316. The van der Waals surface area contributed by atoms with Crippen LogP contribution in [0.4, 0.5) is 0 Å². The number of rotatable bonds is 7. The van der Waals surface area contributed by atoms with E-state index in [1.54, 1.807) is 0 Å². The van der Waals surface area contributed by atoms with Crippen LogP contribution in [-0.4, -0.2) is 84.2 Å². The van der Waals surface area contributed by atoms with Crippen molar-refractivity contribution in [3.8, 4) is 0 Å². The highest BCUT2D eigenvalue weighted by Crippen LogP contribution is 2.28. The molecule has 0 radical (unpaired) electrons. The number of amides is 1. The topological polar surface area (TPSA) is 36.0 Å². The maximum Gasteiger partial charge on any atom is 0.237 e. The lowest BCUT2D eigenvalue weighted by Gasteiger charge is -2.38. The van der Waals surface area contributed by atoms with E-state index in [0.29, 0.717) is 42.7 Å². The molecule has 25 heavy (non-hydrogen) atoms. The molecular formula is C20H37N3O2. The number of hydrogen-bond donors (Lipinski definition) is 0. The van der Waals surface area contributed by atoms with E-state index in [1.807, 2.05) is 0 Å². The molecule has 1 amide bonds. The molecule has 1 saturated carbocycles. The average molecular weight is 352 g/mol. The van der Waals surface area contributed by atoms with Gasteiger partial charge in [0.2, 0.25) is 5.91 Å². The van der Waals surface area contributed by atoms with Crippen molar-refractivity contribution in [1.82, 2.24) is 14.7 Å². The Morgan fingerprint density at radius 1 is 1.16 bits per heavy atom. The molecule has 3 unspecified atom stereocenters. The number of carbonyl (C=O) groups excluding carboxylic acids is 1. The Morgan fingerprint density at radius 2 is 1.84 bits per heavy atom. The van der Waals surface area contributed by atoms with Crippen LogP contribution in [-0.2, 0) is 9.53 Å². The van der Waals surface area contributed by atoms with Gasteiger partial charge in [0.05, 0.1) is 18.8 Å². The van der Waals surface area contributed by atoms with Crippen molar-refractivity contribution in [2.45, 2.75) is 77.7 Å². The molecule has 3 rings (SSSR count).